The Hall–Kier alpha value is -0.170. The maximum atomic E-state index is 12.2. The SMILES string of the molecule is CC(C)CC(CN)NS(=O)(=O)N1CCC(C)CC1. The van der Waals surface area contributed by atoms with Crippen molar-refractivity contribution in [2.75, 3.05) is 19.6 Å². The lowest BCUT2D eigenvalue weighted by molar-refractivity contribution is 0.282. The van der Waals surface area contributed by atoms with Gasteiger partial charge < -0.3 is 5.73 Å². The summed E-state index contributed by atoms with van der Waals surface area (Å²) in [7, 11) is -3.36. The molecule has 0 radical (unpaired) electrons. The number of hydrogen-bond donors (Lipinski definition) is 2. The van der Waals surface area contributed by atoms with Crippen LogP contribution in [0.15, 0.2) is 0 Å². The van der Waals surface area contributed by atoms with Gasteiger partial charge in [0.05, 0.1) is 0 Å². The van der Waals surface area contributed by atoms with Crippen LogP contribution in [0.5, 0.6) is 0 Å². The highest BCUT2D eigenvalue weighted by Gasteiger charge is 2.28. The van der Waals surface area contributed by atoms with E-state index in [2.05, 4.69) is 25.5 Å². The first-order valence-electron chi connectivity index (χ1n) is 6.82. The molecule has 3 N–H and O–H groups in total. The summed E-state index contributed by atoms with van der Waals surface area (Å²) in [6, 6.07) is -0.158. The van der Waals surface area contributed by atoms with Crippen LogP contribution in [0.25, 0.3) is 0 Å². The molecule has 0 aromatic rings. The molecular formula is C12H27N3O2S. The highest BCUT2D eigenvalue weighted by atomic mass is 32.2. The number of rotatable bonds is 6. The average molecular weight is 277 g/mol. The zero-order valence-electron chi connectivity index (χ0n) is 11.7. The first kappa shape index (κ1) is 15.9. The van der Waals surface area contributed by atoms with Crippen LogP contribution in [0.4, 0.5) is 0 Å². The molecule has 0 spiro atoms. The summed E-state index contributed by atoms with van der Waals surface area (Å²) >= 11 is 0. The van der Waals surface area contributed by atoms with E-state index in [-0.39, 0.29) is 6.04 Å². The standard InChI is InChI=1S/C12H27N3O2S/c1-10(2)8-12(9-13)14-18(16,17)15-6-4-11(3)5-7-15/h10-12,14H,4-9,13H2,1-3H3. The number of nitrogens with one attached hydrogen (secondary N) is 1. The fourth-order valence-electron chi connectivity index (χ4n) is 2.27. The van der Waals surface area contributed by atoms with Crippen molar-refractivity contribution in [3.8, 4) is 0 Å². The van der Waals surface area contributed by atoms with Crippen molar-refractivity contribution in [3.63, 3.8) is 0 Å². The highest BCUT2D eigenvalue weighted by molar-refractivity contribution is 7.87. The van der Waals surface area contributed by atoms with Gasteiger partial charge >= 0.3 is 0 Å². The van der Waals surface area contributed by atoms with Gasteiger partial charge in [0.2, 0.25) is 0 Å². The Morgan fingerprint density at radius 3 is 2.33 bits per heavy atom. The fourth-order valence-corrected chi connectivity index (χ4v) is 3.73. The Labute approximate surface area is 111 Å². The van der Waals surface area contributed by atoms with Gasteiger partial charge in [0, 0.05) is 25.7 Å². The third kappa shape index (κ3) is 4.84. The summed E-state index contributed by atoms with van der Waals surface area (Å²) < 4.78 is 28.7. The third-order valence-corrected chi connectivity index (χ3v) is 5.11. The van der Waals surface area contributed by atoms with Crippen LogP contribution < -0.4 is 10.5 Å². The number of hydrogen-bond acceptors (Lipinski definition) is 3. The second kappa shape index (κ2) is 6.84. The van der Waals surface area contributed by atoms with Gasteiger partial charge in [-0.25, -0.2) is 0 Å². The molecule has 1 aliphatic heterocycles. The van der Waals surface area contributed by atoms with Crippen molar-refractivity contribution in [1.29, 1.82) is 0 Å². The number of nitrogens with two attached hydrogens (primary N) is 1. The molecule has 0 bridgehead atoms. The van der Waals surface area contributed by atoms with Gasteiger partial charge in [-0.15, -0.1) is 0 Å². The van der Waals surface area contributed by atoms with E-state index in [1.54, 1.807) is 4.31 Å². The predicted octanol–water partition coefficient (Wildman–Crippen LogP) is 0.926. The summed E-state index contributed by atoms with van der Waals surface area (Å²) in [5, 5.41) is 0. The van der Waals surface area contributed by atoms with Crippen LogP contribution in [0, 0.1) is 11.8 Å². The largest absolute Gasteiger partial charge is 0.329 e. The molecule has 1 unspecified atom stereocenters. The molecule has 1 rings (SSSR count). The van der Waals surface area contributed by atoms with Crippen molar-refractivity contribution >= 4 is 10.2 Å². The van der Waals surface area contributed by atoms with Crippen LogP contribution in [0.2, 0.25) is 0 Å². The molecule has 1 heterocycles. The van der Waals surface area contributed by atoms with Gasteiger partial charge in [0.25, 0.3) is 10.2 Å². The van der Waals surface area contributed by atoms with E-state index in [4.69, 9.17) is 5.73 Å². The quantitative estimate of drug-likeness (QED) is 0.758. The van der Waals surface area contributed by atoms with Crippen molar-refractivity contribution in [1.82, 2.24) is 9.03 Å². The van der Waals surface area contributed by atoms with Gasteiger partial charge in [0.1, 0.15) is 0 Å². The van der Waals surface area contributed by atoms with E-state index in [1.165, 1.54) is 0 Å². The summed E-state index contributed by atoms with van der Waals surface area (Å²) in [6.07, 6.45) is 2.66. The zero-order valence-corrected chi connectivity index (χ0v) is 12.5. The summed E-state index contributed by atoms with van der Waals surface area (Å²) in [5.74, 6) is 1.06. The van der Waals surface area contributed by atoms with E-state index >= 15 is 0 Å². The molecule has 0 saturated carbocycles. The van der Waals surface area contributed by atoms with Crippen LogP contribution in [0.1, 0.15) is 40.0 Å². The fraction of sp³-hybridized carbons (Fsp3) is 1.00. The number of piperidine rings is 1. The minimum atomic E-state index is -3.36. The normalized spacial score (nSPS) is 21.4. The number of nitrogens with zero attached hydrogens (tertiary/aromatic N) is 1. The van der Waals surface area contributed by atoms with Crippen LogP contribution >= 0.6 is 0 Å². The Morgan fingerprint density at radius 2 is 1.89 bits per heavy atom. The molecule has 1 atom stereocenters. The summed E-state index contributed by atoms with van der Waals surface area (Å²) in [6.45, 7) is 7.89. The van der Waals surface area contributed by atoms with E-state index in [9.17, 15) is 8.42 Å². The molecule has 1 fully saturated rings. The van der Waals surface area contributed by atoms with Crippen LogP contribution in [0.3, 0.4) is 0 Å². The molecule has 0 amide bonds. The predicted molar refractivity (Wildman–Crippen MR) is 74.3 cm³/mol. The first-order chi connectivity index (χ1) is 8.35. The monoisotopic (exact) mass is 277 g/mol. The topological polar surface area (TPSA) is 75.4 Å². The summed E-state index contributed by atoms with van der Waals surface area (Å²) in [4.78, 5) is 0. The smallest absolute Gasteiger partial charge is 0.279 e. The minimum absolute atomic E-state index is 0.158. The van der Waals surface area contributed by atoms with Crippen molar-refractivity contribution in [2.24, 2.45) is 17.6 Å². The van der Waals surface area contributed by atoms with Gasteiger partial charge in [-0.3, -0.25) is 0 Å². The van der Waals surface area contributed by atoms with Gasteiger partial charge in [0.15, 0.2) is 0 Å². The molecule has 5 nitrogen and oxygen atoms in total. The van der Waals surface area contributed by atoms with E-state index < -0.39 is 10.2 Å². The van der Waals surface area contributed by atoms with Gasteiger partial charge in [-0.05, 0) is 31.1 Å². The van der Waals surface area contributed by atoms with E-state index in [0.29, 0.717) is 31.5 Å². The second-order valence-electron chi connectivity index (χ2n) is 5.77. The lowest BCUT2D eigenvalue weighted by atomic mass is 10.0. The molecule has 0 aromatic carbocycles. The molecule has 1 saturated heterocycles. The molecular weight excluding hydrogens is 250 g/mol. The van der Waals surface area contributed by atoms with Gasteiger partial charge in [-0.2, -0.15) is 17.4 Å². The lowest BCUT2D eigenvalue weighted by Crippen LogP contribution is -2.50. The first-order valence-corrected chi connectivity index (χ1v) is 8.26. The Balaban J connectivity index is 2.57. The lowest BCUT2D eigenvalue weighted by Gasteiger charge is -2.31. The van der Waals surface area contributed by atoms with E-state index in [1.807, 2.05) is 0 Å². The van der Waals surface area contributed by atoms with Crippen LogP contribution in [-0.2, 0) is 10.2 Å². The minimum Gasteiger partial charge on any atom is -0.329 e. The van der Waals surface area contributed by atoms with E-state index in [0.717, 1.165) is 19.3 Å². The molecule has 108 valence electrons. The Bertz CT molecular complexity index is 335. The zero-order chi connectivity index (χ0) is 13.8. The summed E-state index contributed by atoms with van der Waals surface area (Å²) in [5.41, 5.74) is 5.63. The average Bonchev–Trinajstić information content (AvgIpc) is 2.27. The van der Waals surface area contributed by atoms with Crippen molar-refractivity contribution < 1.29 is 8.42 Å². The Kier molecular flexibility index (Phi) is 6.04. The molecule has 1 aliphatic rings. The maximum Gasteiger partial charge on any atom is 0.279 e. The second-order valence-corrected chi connectivity index (χ2v) is 7.47. The van der Waals surface area contributed by atoms with Crippen LogP contribution in [-0.4, -0.2) is 38.4 Å². The molecule has 6 heteroatoms. The highest BCUT2D eigenvalue weighted by Crippen LogP contribution is 2.18. The van der Waals surface area contributed by atoms with Crippen molar-refractivity contribution in [3.05, 3.63) is 0 Å². The molecule has 18 heavy (non-hydrogen) atoms. The third-order valence-electron chi connectivity index (χ3n) is 3.44. The maximum absolute atomic E-state index is 12.2. The molecule has 0 aliphatic carbocycles. The Morgan fingerprint density at radius 1 is 1.33 bits per heavy atom. The van der Waals surface area contributed by atoms with Crippen molar-refractivity contribution in [2.45, 2.75) is 46.1 Å². The molecule has 0 aromatic heterocycles. The van der Waals surface area contributed by atoms with Gasteiger partial charge in [-0.1, -0.05) is 20.8 Å².